The predicted octanol–water partition coefficient (Wildman–Crippen LogP) is 3.89. The number of ether oxygens (including phenoxy) is 1. The van der Waals surface area contributed by atoms with Gasteiger partial charge in [0.25, 0.3) is 0 Å². The van der Waals surface area contributed by atoms with Crippen LogP contribution in [0.1, 0.15) is 5.56 Å². The topological polar surface area (TPSA) is 47.3 Å². The van der Waals surface area contributed by atoms with Crippen LogP contribution in [0.3, 0.4) is 0 Å². The quantitative estimate of drug-likeness (QED) is 0.726. The standard InChI is InChI=1S/C18H20N2OS/c1-21-15-7-8-18-16(10-15)17(12-22-18)20-11-14(19)9-13-5-3-2-4-6-13/h2-8,10,12,14,20H,9,11,19H2,1H3/t14-/m0/s1. The fraction of sp³-hybridized carbons (Fsp3) is 0.222. The van der Waals surface area contributed by atoms with Crippen molar-refractivity contribution < 1.29 is 4.74 Å². The molecule has 3 N–H and O–H groups in total. The molecule has 1 aromatic heterocycles. The maximum Gasteiger partial charge on any atom is 0.119 e. The van der Waals surface area contributed by atoms with E-state index in [-0.39, 0.29) is 6.04 Å². The minimum Gasteiger partial charge on any atom is -0.497 e. The molecule has 1 atom stereocenters. The summed E-state index contributed by atoms with van der Waals surface area (Å²) in [5, 5.41) is 6.80. The molecule has 114 valence electrons. The fourth-order valence-electron chi connectivity index (χ4n) is 2.50. The molecule has 1 heterocycles. The normalized spacial score (nSPS) is 12.3. The summed E-state index contributed by atoms with van der Waals surface area (Å²) in [6.45, 7) is 0.748. The van der Waals surface area contributed by atoms with E-state index in [4.69, 9.17) is 10.5 Å². The van der Waals surface area contributed by atoms with E-state index in [1.54, 1.807) is 18.4 Å². The van der Waals surface area contributed by atoms with Crippen molar-refractivity contribution in [2.45, 2.75) is 12.5 Å². The lowest BCUT2D eigenvalue weighted by atomic mass is 10.1. The maximum absolute atomic E-state index is 6.24. The minimum atomic E-state index is 0.0861. The fourth-order valence-corrected chi connectivity index (χ4v) is 3.40. The highest BCUT2D eigenvalue weighted by Crippen LogP contribution is 2.33. The summed E-state index contributed by atoms with van der Waals surface area (Å²) in [5.41, 5.74) is 8.64. The molecule has 0 unspecified atom stereocenters. The molecular formula is C18H20N2OS. The van der Waals surface area contributed by atoms with Crippen LogP contribution in [-0.4, -0.2) is 19.7 Å². The summed E-state index contributed by atoms with van der Waals surface area (Å²) in [6, 6.07) is 16.6. The number of nitrogens with one attached hydrogen (secondary N) is 1. The molecule has 0 fully saturated rings. The molecule has 22 heavy (non-hydrogen) atoms. The first-order chi connectivity index (χ1) is 10.8. The van der Waals surface area contributed by atoms with E-state index in [9.17, 15) is 0 Å². The second-order valence-corrected chi connectivity index (χ2v) is 6.25. The highest BCUT2D eigenvalue weighted by molar-refractivity contribution is 7.17. The second kappa shape index (κ2) is 6.81. The average Bonchev–Trinajstić information content (AvgIpc) is 2.96. The lowest BCUT2D eigenvalue weighted by molar-refractivity contribution is 0.415. The van der Waals surface area contributed by atoms with Crippen LogP contribution in [0, 0.1) is 0 Å². The van der Waals surface area contributed by atoms with Crippen molar-refractivity contribution >= 4 is 27.1 Å². The van der Waals surface area contributed by atoms with Gasteiger partial charge in [-0.25, -0.2) is 0 Å². The molecule has 2 aromatic carbocycles. The van der Waals surface area contributed by atoms with Crippen LogP contribution in [0.5, 0.6) is 5.75 Å². The van der Waals surface area contributed by atoms with Gasteiger partial charge in [-0.3, -0.25) is 0 Å². The van der Waals surface area contributed by atoms with E-state index >= 15 is 0 Å². The highest BCUT2D eigenvalue weighted by atomic mass is 32.1. The zero-order valence-electron chi connectivity index (χ0n) is 12.6. The SMILES string of the molecule is COc1ccc2scc(NC[C@@H](N)Cc3ccccc3)c2c1. The number of rotatable bonds is 6. The molecule has 0 saturated carbocycles. The monoisotopic (exact) mass is 312 g/mol. The first kappa shape index (κ1) is 14.9. The molecule has 4 heteroatoms. The van der Waals surface area contributed by atoms with Gasteiger partial charge >= 0.3 is 0 Å². The summed E-state index contributed by atoms with van der Waals surface area (Å²) >= 11 is 1.73. The zero-order valence-corrected chi connectivity index (χ0v) is 13.4. The third-order valence-corrected chi connectivity index (χ3v) is 4.64. The molecule has 3 rings (SSSR count). The van der Waals surface area contributed by atoms with Gasteiger partial charge in [-0.05, 0) is 30.2 Å². The highest BCUT2D eigenvalue weighted by Gasteiger charge is 2.08. The Morgan fingerprint density at radius 3 is 2.77 bits per heavy atom. The van der Waals surface area contributed by atoms with Gasteiger partial charge in [0.2, 0.25) is 0 Å². The third kappa shape index (κ3) is 3.40. The Hall–Kier alpha value is -2.04. The van der Waals surface area contributed by atoms with Crippen molar-refractivity contribution in [2.24, 2.45) is 5.73 Å². The number of fused-ring (bicyclic) bond motifs is 1. The van der Waals surface area contributed by atoms with Crippen molar-refractivity contribution in [1.82, 2.24) is 0 Å². The van der Waals surface area contributed by atoms with E-state index in [2.05, 4.69) is 35.0 Å². The van der Waals surface area contributed by atoms with Crippen molar-refractivity contribution in [1.29, 1.82) is 0 Å². The summed E-state index contributed by atoms with van der Waals surface area (Å²) in [5.74, 6) is 0.877. The number of anilines is 1. The van der Waals surface area contributed by atoms with Gasteiger partial charge in [-0.2, -0.15) is 0 Å². The zero-order chi connectivity index (χ0) is 15.4. The van der Waals surface area contributed by atoms with Crippen molar-refractivity contribution in [3.63, 3.8) is 0 Å². The first-order valence-electron chi connectivity index (χ1n) is 7.35. The van der Waals surface area contributed by atoms with E-state index in [0.717, 1.165) is 24.4 Å². The molecule has 3 aromatic rings. The Bertz CT molecular complexity index is 739. The van der Waals surface area contributed by atoms with E-state index in [0.29, 0.717) is 0 Å². The maximum atomic E-state index is 6.24. The number of benzene rings is 2. The molecule has 0 aliphatic rings. The number of hydrogen-bond donors (Lipinski definition) is 2. The Balaban J connectivity index is 1.66. The van der Waals surface area contributed by atoms with Crippen molar-refractivity contribution in [2.75, 3.05) is 19.0 Å². The van der Waals surface area contributed by atoms with Crippen LogP contribution in [-0.2, 0) is 6.42 Å². The van der Waals surface area contributed by atoms with Crippen LogP contribution in [0.15, 0.2) is 53.9 Å². The van der Waals surface area contributed by atoms with E-state index in [1.807, 2.05) is 24.3 Å². The Morgan fingerprint density at radius 1 is 1.18 bits per heavy atom. The van der Waals surface area contributed by atoms with Crippen LogP contribution in [0.25, 0.3) is 10.1 Å². The van der Waals surface area contributed by atoms with Crippen molar-refractivity contribution in [3.8, 4) is 5.75 Å². The number of methoxy groups -OCH3 is 1. The van der Waals surface area contributed by atoms with E-state index in [1.165, 1.54) is 15.6 Å². The molecule has 0 spiro atoms. The lowest BCUT2D eigenvalue weighted by Crippen LogP contribution is -2.31. The summed E-state index contributed by atoms with van der Waals surface area (Å²) in [6.07, 6.45) is 0.874. The van der Waals surface area contributed by atoms with Crippen LogP contribution in [0.2, 0.25) is 0 Å². The molecule has 0 amide bonds. The molecule has 0 bridgehead atoms. The van der Waals surface area contributed by atoms with Crippen LogP contribution in [0.4, 0.5) is 5.69 Å². The summed E-state index contributed by atoms with van der Waals surface area (Å²) < 4.78 is 6.55. The van der Waals surface area contributed by atoms with E-state index < -0.39 is 0 Å². The van der Waals surface area contributed by atoms with Crippen LogP contribution >= 0.6 is 11.3 Å². The smallest absolute Gasteiger partial charge is 0.119 e. The molecule has 0 aliphatic heterocycles. The van der Waals surface area contributed by atoms with Gasteiger partial charge in [0.05, 0.1) is 12.8 Å². The van der Waals surface area contributed by atoms with Gasteiger partial charge in [0.1, 0.15) is 5.75 Å². The largest absolute Gasteiger partial charge is 0.497 e. The third-order valence-electron chi connectivity index (χ3n) is 3.68. The number of nitrogens with two attached hydrogens (primary N) is 1. The van der Waals surface area contributed by atoms with Gasteiger partial charge in [-0.1, -0.05) is 30.3 Å². The van der Waals surface area contributed by atoms with Crippen molar-refractivity contribution in [3.05, 3.63) is 59.5 Å². The summed E-state index contributed by atoms with van der Waals surface area (Å²) in [4.78, 5) is 0. The summed E-state index contributed by atoms with van der Waals surface area (Å²) in [7, 11) is 1.69. The molecule has 3 nitrogen and oxygen atoms in total. The lowest BCUT2D eigenvalue weighted by Gasteiger charge is -2.13. The first-order valence-corrected chi connectivity index (χ1v) is 8.23. The van der Waals surface area contributed by atoms with Gasteiger partial charge < -0.3 is 15.8 Å². The Morgan fingerprint density at radius 2 is 2.00 bits per heavy atom. The molecular weight excluding hydrogens is 292 g/mol. The minimum absolute atomic E-state index is 0.0861. The van der Waals surface area contributed by atoms with Gasteiger partial charge in [0, 0.05) is 28.1 Å². The van der Waals surface area contributed by atoms with Gasteiger partial charge in [0.15, 0.2) is 0 Å². The van der Waals surface area contributed by atoms with Crippen LogP contribution < -0.4 is 15.8 Å². The Kier molecular flexibility index (Phi) is 4.61. The predicted molar refractivity (Wildman–Crippen MR) is 95.0 cm³/mol. The molecule has 0 aliphatic carbocycles. The average molecular weight is 312 g/mol. The number of thiophene rings is 1. The second-order valence-electron chi connectivity index (χ2n) is 5.34. The Labute approximate surface area is 134 Å². The molecule has 0 radical (unpaired) electrons. The number of hydrogen-bond acceptors (Lipinski definition) is 4. The molecule has 0 saturated heterocycles. The van der Waals surface area contributed by atoms with Gasteiger partial charge in [-0.15, -0.1) is 11.3 Å².